The summed E-state index contributed by atoms with van der Waals surface area (Å²) in [7, 11) is 0. The van der Waals surface area contributed by atoms with Crippen molar-refractivity contribution in [2.24, 2.45) is 0 Å². The van der Waals surface area contributed by atoms with Crippen molar-refractivity contribution in [3.8, 4) is 11.3 Å². The normalized spacial score (nSPS) is 10.6. The molecule has 0 saturated heterocycles. The Morgan fingerprint density at radius 3 is 2.38 bits per heavy atom. The number of nitrogens with one attached hydrogen (secondary N) is 2. The van der Waals surface area contributed by atoms with Gasteiger partial charge in [0, 0.05) is 16.8 Å². The van der Waals surface area contributed by atoms with Crippen LogP contribution < -0.4 is 10.6 Å². The van der Waals surface area contributed by atoms with Crippen molar-refractivity contribution in [3.63, 3.8) is 0 Å². The highest BCUT2D eigenvalue weighted by atomic mass is 32.1. The summed E-state index contributed by atoms with van der Waals surface area (Å²) in [4.78, 5) is 23.3. The van der Waals surface area contributed by atoms with Gasteiger partial charge in [-0.1, -0.05) is 38.1 Å². The van der Waals surface area contributed by atoms with Crippen molar-refractivity contribution in [2.75, 3.05) is 5.32 Å². The average Bonchev–Trinajstić information content (AvgIpc) is 3.19. The third-order valence-corrected chi connectivity index (χ3v) is 4.49. The zero-order valence-electron chi connectivity index (χ0n) is 15.9. The van der Waals surface area contributed by atoms with Gasteiger partial charge in [-0.15, -0.1) is 0 Å². The van der Waals surface area contributed by atoms with Gasteiger partial charge in [0.1, 0.15) is 5.76 Å². The average molecular weight is 408 g/mol. The van der Waals surface area contributed by atoms with E-state index in [4.69, 9.17) is 21.7 Å². The maximum atomic E-state index is 12.4. The summed E-state index contributed by atoms with van der Waals surface area (Å²) in [6.07, 6.45) is 0. The fraction of sp³-hybridized carbons (Fsp3) is 0.136. The number of carboxylic acid groups (broad SMARTS) is 1. The van der Waals surface area contributed by atoms with Crippen molar-refractivity contribution in [1.82, 2.24) is 5.32 Å². The van der Waals surface area contributed by atoms with Crippen LogP contribution in [0.4, 0.5) is 5.69 Å². The highest BCUT2D eigenvalue weighted by Gasteiger charge is 2.12. The highest BCUT2D eigenvalue weighted by molar-refractivity contribution is 7.80. The van der Waals surface area contributed by atoms with Gasteiger partial charge < -0.3 is 14.8 Å². The Morgan fingerprint density at radius 2 is 1.76 bits per heavy atom. The number of furan rings is 1. The van der Waals surface area contributed by atoms with Gasteiger partial charge in [0.05, 0.1) is 0 Å². The van der Waals surface area contributed by atoms with E-state index in [1.54, 1.807) is 42.5 Å². The Hall–Kier alpha value is -3.45. The lowest BCUT2D eigenvalue weighted by atomic mass is 10.0. The van der Waals surface area contributed by atoms with E-state index in [1.165, 1.54) is 6.07 Å². The van der Waals surface area contributed by atoms with Crippen LogP contribution in [-0.4, -0.2) is 22.1 Å². The minimum absolute atomic E-state index is 0.135. The molecule has 29 heavy (non-hydrogen) atoms. The number of carboxylic acids is 1. The molecule has 1 amide bonds. The molecule has 0 saturated carbocycles. The molecular weight excluding hydrogens is 388 g/mol. The second kappa shape index (κ2) is 8.70. The lowest BCUT2D eigenvalue weighted by molar-refractivity contribution is 0.0663. The van der Waals surface area contributed by atoms with Crippen molar-refractivity contribution < 1.29 is 19.1 Å². The molecule has 0 aliphatic heterocycles. The largest absolute Gasteiger partial charge is 0.475 e. The lowest BCUT2D eigenvalue weighted by Gasteiger charge is -2.11. The minimum atomic E-state index is -1.13. The number of anilines is 1. The minimum Gasteiger partial charge on any atom is -0.475 e. The Bertz CT molecular complexity index is 1050. The van der Waals surface area contributed by atoms with E-state index in [0.717, 1.165) is 5.56 Å². The van der Waals surface area contributed by atoms with Crippen LogP contribution in [0.15, 0.2) is 65.1 Å². The monoisotopic (exact) mass is 408 g/mol. The first-order chi connectivity index (χ1) is 13.8. The molecule has 7 heteroatoms. The molecule has 0 radical (unpaired) electrons. The molecule has 0 atom stereocenters. The summed E-state index contributed by atoms with van der Waals surface area (Å²) < 4.78 is 5.31. The van der Waals surface area contributed by atoms with E-state index >= 15 is 0 Å². The number of thiocarbonyl (C=S) groups is 1. The molecule has 0 aliphatic carbocycles. The molecule has 1 aromatic heterocycles. The summed E-state index contributed by atoms with van der Waals surface area (Å²) in [5, 5.41) is 14.7. The van der Waals surface area contributed by atoms with Crippen molar-refractivity contribution >= 4 is 34.9 Å². The fourth-order valence-corrected chi connectivity index (χ4v) is 2.93. The van der Waals surface area contributed by atoms with Crippen LogP contribution in [-0.2, 0) is 0 Å². The molecule has 3 N–H and O–H groups in total. The van der Waals surface area contributed by atoms with Crippen molar-refractivity contribution in [3.05, 3.63) is 77.6 Å². The summed E-state index contributed by atoms with van der Waals surface area (Å²) in [5.41, 5.74) is 2.99. The SMILES string of the molecule is CC(C)c1ccc(C(=O)NC(=S)Nc2cccc(-c3ccc(C(=O)O)o3)c2)cc1. The van der Waals surface area contributed by atoms with Gasteiger partial charge >= 0.3 is 5.97 Å². The second-order valence-electron chi connectivity index (χ2n) is 6.73. The van der Waals surface area contributed by atoms with Crippen LogP contribution in [0.2, 0.25) is 0 Å². The number of aromatic carboxylic acids is 1. The standard InChI is InChI=1S/C22H20N2O4S/c1-13(2)14-6-8-15(9-7-14)20(25)24-22(29)23-17-5-3-4-16(12-17)18-10-11-19(28-18)21(26)27/h3-13H,1-2H3,(H,26,27)(H2,23,24,25,29). The van der Waals surface area contributed by atoms with E-state index in [-0.39, 0.29) is 16.8 Å². The van der Waals surface area contributed by atoms with Crippen LogP contribution in [0.5, 0.6) is 0 Å². The number of hydrogen-bond acceptors (Lipinski definition) is 4. The third kappa shape index (κ3) is 5.08. The van der Waals surface area contributed by atoms with Crippen LogP contribution in [0, 0.1) is 0 Å². The van der Waals surface area contributed by atoms with Crippen LogP contribution in [0.1, 0.15) is 46.2 Å². The molecule has 0 aliphatic rings. The van der Waals surface area contributed by atoms with Crippen molar-refractivity contribution in [2.45, 2.75) is 19.8 Å². The number of benzene rings is 2. The molecule has 148 valence electrons. The van der Waals surface area contributed by atoms with Crippen LogP contribution >= 0.6 is 12.2 Å². The van der Waals surface area contributed by atoms with Gasteiger partial charge in [0.15, 0.2) is 5.11 Å². The van der Waals surface area contributed by atoms with E-state index in [2.05, 4.69) is 24.5 Å². The number of rotatable bonds is 5. The fourth-order valence-electron chi connectivity index (χ4n) is 2.72. The Morgan fingerprint density at radius 1 is 1.03 bits per heavy atom. The van der Waals surface area contributed by atoms with Gasteiger partial charge in [0.2, 0.25) is 5.76 Å². The molecular formula is C22H20N2O4S. The Kier molecular flexibility index (Phi) is 6.09. The maximum absolute atomic E-state index is 12.4. The predicted octanol–water partition coefficient (Wildman–Crippen LogP) is 4.90. The van der Waals surface area contributed by atoms with Gasteiger partial charge in [-0.05, 0) is 60.1 Å². The second-order valence-corrected chi connectivity index (χ2v) is 7.14. The van der Waals surface area contributed by atoms with E-state index < -0.39 is 5.97 Å². The first kappa shape index (κ1) is 20.3. The molecule has 3 rings (SSSR count). The van der Waals surface area contributed by atoms with E-state index in [9.17, 15) is 9.59 Å². The topological polar surface area (TPSA) is 91.6 Å². The van der Waals surface area contributed by atoms with Gasteiger partial charge in [-0.2, -0.15) is 0 Å². The summed E-state index contributed by atoms with van der Waals surface area (Å²) >= 11 is 5.23. The first-order valence-corrected chi connectivity index (χ1v) is 9.40. The van der Waals surface area contributed by atoms with Gasteiger partial charge in [-0.3, -0.25) is 10.1 Å². The Balaban J connectivity index is 1.65. The smallest absolute Gasteiger partial charge is 0.371 e. The molecule has 1 heterocycles. The molecule has 0 spiro atoms. The number of carbonyl (C=O) groups excluding carboxylic acids is 1. The quantitative estimate of drug-likeness (QED) is 0.521. The molecule has 0 unspecified atom stereocenters. The zero-order valence-corrected chi connectivity index (χ0v) is 16.7. The molecule has 6 nitrogen and oxygen atoms in total. The summed E-state index contributed by atoms with van der Waals surface area (Å²) in [5.74, 6) is -0.749. The summed E-state index contributed by atoms with van der Waals surface area (Å²) in [6, 6.07) is 17.5. The van der Waals surface area contributed by atoms with Crippen molar-refractivity contribution in [1.29, 1.82) is 0 Å². The van der Waals surface area contributed by atoms with Crippen LogP contribution in [0.25, 0.3) is 11.3 Å². The Labute approximate surface area is 173 Å². The zero-order chi connectivity index (χ0) is 21.0. The van der Waals surface area contributed by atoms with Gasteiger partial charge in [0.25, 0.3) is 5.91 Å². The maximum Gasteiger partial charge on any atom is 0.371 e. The van der Waals surface area contributed by atoms with E-state index in [1.807, 2.05) is 12.1 Å². The molecule has 0 fully saturated rings. The van der Waals surface area contributed by atoms with Gasteiger partial charge in [-0.25, -0.2) is 4.79 Å². The van der Waals surface area contributed by atoms with E-state index in [0.29, 0.717) is 28.5 Å². The molecule has 2 aromatic carbocycles. The predicted molar refractivity (Wildman–Crippen MR) is 115 cm³/mol. The number of carbonyl (C=O) groups is 2. The molecule has 3 aromatic rings. The molecule has 0 bridgehead atoms. The van der Waals surface area contributed by atoms with Crippen LogP contribution in [0.3, 0.4) is 0 Å². The summed E-state index contributed by atoms with van der Waals surface area (Å²) in [6.45, 7) is 4.18. The first-order valence-electron chi connectivity index (χ1n) is 8.99. The highest BCUT2D eigenvalue weighted by Crippen LogP contribution is 2.25. The third-order valence-electron chi connectivity index (χ3n) is 4.29. The number of hydrogen-bond donors (Lipinski definition) is 3. The number of amides is 1. The lowest BCUT2D eigenvalue weighted by Crippen LogP contribution is -2.34.